The molecule has 0 radical (unpaired) electrons. The first-order valence-corrected chi connectivity index (χ1v) is 14.5. The predicted octanol–water partition coefficient (Wildman–Crippen LogP) is 6.22. The van der Waals surface area contributed by atoms with Gasteiger partial charge in [0, 0.05) is 18.0 Å². The smallest absolute Gasteiger partial charge is 0.408 e. The fourth-order valence-electron chi connectivity index (χ4n) is 4.44. The van der Waals surface area contributed by atoms with E-state index in [1.165, 1.54) is 0 Å². The number of carbonyl (C=O) groups excluding carboxylic acids is 3. The second-order valence-electron chi connectivity index (χ2n) is 11.0. The van der Waals surface area contributed by atoms with E-state index in [-0.39, 0.29) is 11.7 Å². The summed E-state index contributed by atoms with van der Waals surface area (Å²) >= 11 is 4.37. The molecule has 220 valence electrons. The topological polar surface area (TPSA) is 97.0 Å². The van der Waals surface area contributed by atoms with Crippen molar-refractivity contribution in [3.05, 3.63) is 59.2 Å². The van der Waals surface area contributed by atoms with Crippen LogP contribution in [0.4, 0.5) is 10.5 Å². The van der Waals surface area contributed by atoms with Gasteiger partial charge in [-0.1, -0.05) is 55.5 Å². The summed E-state index contributed by atoms with van der Waals surface area (Å²) in [6, 6.07) is 11.0. The minimum absolute atomic E-state index is 0.0448. The SMILES string of the molecule is CCCCCCN(C(=O)C(CS)NC(=O)OC(C)(C)C)C(C(=O)Nc1ccc(OC)cc1)c1cc(C)cc(C)c1. The number of amides is 3. The van der Waals surface area contributed by atoms with Gasteiger partial charge in [-0.2, -0.15) is 12.6 Å². The van der Waals surface area contributed by atoms with Crippen molar-refractivity contribution in [2.24, 2.45) is 0 Å². The number of carbonyl (C=O) groups is 3. The van der Waals surface area contributed by atoms with E-state index in [0.29, 0.717) is 30.0 Å². The van der Waals surface area contributed by atoms with Gasteiger partial charge in [0.2, 0.25) is 5.91 Å². The van der Waals surface area contributed by atoms with Gasteiger partial charge >= 0.3 is 6.09 Å². The Balaban J connectivity index is 2.51. The lowest BCUT2D eigenvalue weighted by molar-refractivity contribution is -0.140. The van der Waals surface area contributed by atoms with Gasteiger partial charge in [-0.15, -0.1) is 0 Å². The van der Waals surface area contributed by atoms with Crippen molar-refractivity contribution in [1.82, 2.24) is 10.2 Å². The van der Waals surface area contributed by atoms with Crippen molar-refractivity contribution < 1.29 is 23.9 Å². The number of hydrogen-bond donors (Lipinski definition) is 3. The molecule has 0 aromatic heterocycles. The zero-order chi connectivity index (χ0) is 29.9. The average Bonchev–Trinajstić information content (AvgIpc) is 2.87. The molecular weight excluding hydrogens is 526 g/mol. The van der Waals surface area contributed by atoms with Crippen molar-refractivity contribution >= 4 is 36.2 Å². The number of nitrogens with zero attached hydrogens (tertiary/aromatic N) is 1. The number of anilines is 1. The normalized spacial score (nSPS) is 12.7. The molecule has 2 aromatic rings. The maximum absolute atomic E-state index is 14.1. The van der Waals surface area contributed by atoms with Gasteiger partial charge in [0.1, 0.15) is 23.4 Å². The minimum Gasteiger partial charge on any atom is -0.497 e. The predicted molar refractivity (Wildman–Crippen MR) is 163 cm³/mol. The Morgan fingerprint density at radius 1 is 0.975 bits per heavy atom. The monoisotopic (exact) mass is 571 g/mol. The molecule has 2 unspecified atom stereocenters. The molecule has 3 amide bonds. The average molecular weight is 572 g/mol. The summed E-state index contributed by atoms with van der Waals surface area (Å²) < 4.78 is 10.6. The maximum atomic E-state index is 14.1. The van der Waals surface area contributed by atoms with Gasteiger partial charge in [0.05, 0.1) is 7.11 Å². The number of hydrogen-bond acceptors (Lipinski definition) is 6. The molecule has 40 heavy (non-hydrogen) atoms. The highest BCUT2D eigenvalue weighted by atomic mass is 32.1. The highest BCUT2D eigenvalue weighted by molar-refractivity contribution is 7.80. The number of unbranched alkanes of at least 4 members (excludes halogenated alkanes) is 3. The van der Waals surface area contributed by atoms with E-state index in [0.717, 1.165) is 30.4 Å². The molecule has 2 aromatic carbocycles. The van der Waals surface area contributed by atoms with Gasteiger partial charge in [0.25, 0.3) is 5.91 Å². The van der Waals surface area contributed by atoms with E-state index < -0.39 is 29.7 Å². The minimum atomic E-state index is -0.980. The van der Waals surface area contributed by atoms with Crippen LogP contribution in [-0.2, 0) is 14.3 Å². The van der Waals surface area contributed by atoms with Crippen molar-refractivity contribution in [2.75, 3.05) is 24.7 Å². The molecule has 0 spiro atoms. The largest absolute Gasteiger partial charge is 0.497 e. The Morgan fingerprint density at radius 3 is 2.12 bits per heavy atom. The Morgan fingerprint density at radius 2 is 1.60 bits per heavy atom. The molecule has 0 heterocycles. The van der Waals surface area contributed by atoms with E-state index in [1.807, 2.05) is 32.0 Å². The second-order valence-corrected chi connectivity index (χ2v) is 11.4. The van der Waals surface area contributed by atoms with Crippen LogP contribution in [0.2, 0.25) is 0 Å². The van der Waals surface area contributed by atoms with Crippen molar-refractivity contribution in [3.8, 4) is 5.75 Å². The molecule has 0 bridgehead atoms. The number of methoxy groups -OCH3 is 1. The fourth-order valence-corrected chi connectivity index (χ4v) is 4.68. The van der Waals surface area contributed by atoms with Crippen LogP contribution in [0.5, 0.6) is 5.75 Å². The van der Waals surface area contributed by atoms with Crippen LogP contribution in [0.15, 0.2) is 42.5 Å². The molecule has 2 rings (SSSR count). The highest BCUT2D eigenvalue weighted by Gasteiger charge is 2.36. The molecule has 0 aliphatic carbocycles. The molecule has 0 aliphatic rings. The van der Waals surface area contributed by atoms with Crippen molar-refractivity contribution in [2.45, 2.75) is 84.9 Å². The van der Waals surface area contributed by atoms with E-state index in [2.05, 4.69) is 30.2 Å². The fraction of sp³-hybridized carbons (Fsp3) is 0.516. The van der Waals surface area contributed by atoms with Crippen LogP contribution < -0.4 is 15.4 Å². The van der Waals surface area contributed by atoms with Gasteiger partial charge < -0.3 is 25.0 Å². The molecule has 0 saturated carbocycles. The maximum Gasteiger partial charge on any atom is 0.408 e. The third-order valence-electron chi connectivity index (χ3n) is 6.18. The summed E-state index contributed by atoms with van der Waals surface area (Å²) in [5.74, 6) is -0.0366. The number of rotatable bonds is 13. The lowest BCUT2D eigenvalue weighted by atomic mass is 9.98. The van der Waals surface area contributed by atoms with E-state index in [4.69, 9.17) is 9.47 Å². The molecule has 0 saturated heterocycles. The van der Waals surface area contributed by atoms with Gasteiger partial charge in [-0.05, 0) is 70.9 Å². The summed E-state index contributed by atoms with van der Waals surface area (Å²) in [6.45, 7) is 11.6. The molecule has 2 atom stereocenters. The zero-order valence-corrected chi connectivity index (χ0v) is 25.8. The molecule has 8 nitrogen and oxygen atoms in total. The Labute approximate surface area is 244 Å². The molecular formula is C31H45N3O5S. The van der Waals surface area contributed by atoms with Crippen molar-refractivity contribution in [3.63, 3.8) is 0 Å². The number of benzene rings is 2. The molecule has 0 fully saturated rings. The third-order valence-corrected chi connectivity index (χ3v) is 6.55. The van der Waals surface area contributed by atoms with E-state index in [1.54, 1.807) is 57.0 Å². The van der Waals surface area contributed by atoms with Crippen LogP contribution in [0, 0.1) is 13.8 Å². The third kappa shape index (κ3) is 10.4. The summed E-state index contributed by atoms with van der Waals surface area (Å²) in [7, 11) is 1.58. The number of aryl methyl sites for hydroxylation is 2. The number of ether oxygens (including phenoxy) is 2. The van der Waals surface area contributed by atoms with Crippen molar-refractivity contribution in [1.29, 1.82) is 0 Å². The first-order valence-electron chi connectivity index (χ1n) is 13.8. The van der Waals surface area contributed by atoms with Crippen LogP contribution in [0.1, 0.15) is 76.1 Å². The lowest BCUT2D eigenvalue weighted by Gasteiger charge is -2.34. The summed E-state index contributed by atoms with van der Waals surface area (Å²) in [5, 5.41) is 5.64. The first kappa shape index (κ1) is 33.0. The van der Waals surface area contributed by atoms with E-state index in [9.17, 15) is 14.4 Å². The number of alkyl carbamates (subject to hydrolysis) is 1. The zero-order valence-electron chi connectivity index (χ0n) is 24.9. The molecule has 2 N–H and O–H groups in total. The lowest BCUT2D eigenvalue weighted by Crippen LogP contribution is -2.53. The van der Waals surface area contributed by atoms with Crippen LogP contribution in [0.25, 0.3) is 0 Å². The number of thiol groups is 1. The van der Waals surface area contributed by atoms with Crippen LogP contribution >= 0.6 is 12.6 Å². The van der Waals surface area contributed by atoms with E-state index >= 15 is 0 Å². The van der Waals surface area contributed by atoms with Crippen LogP contribution in [-0.4, -0.2) is 53.9 Å². The molecule has 0 aliphatic heterocycles. The summed E-state index contributed by atoms with van der Waals surface area (Å²) in [6.07, 6.45) is 2.95. The van der Waals surface area contributed by atoms with Gasteiger partial charge in [-0.25, -0.2) is 4.79 Å². The second kappa shape index (κ2) is 15.6. The number of nitrogens with one attached hydrogen (secondary N) is 2. The Kier molecular flexibility index (Phi) is 12.8. The van der Waals surface area contributed by atoms with Gasteiger partial charge in [-0.3, -0.25) is 9.59 Å². The standard InChI is InChI=1S/C31H45N3O5S/c1-8-9-10-11-16-34(29(36)26(20-40)33-30(37)39-31(4,5)6)27(23-18-21(2)17-22(3)19-23)28(35)32-24-12-14-25(38-7)15-13-24/h12-15,17-19,26-27,40H,8-11,16,20H2,1-7H3,(H,32,35)(H,33,37). The first-order chi connectivity index (χ1) is 18.9. The molecule has 9 heteroatoms. The quantitative estimate of drug-likeness (QED) is 0.196. The van der Waals surface area contributed by atoms with Gasteiger partial charge in [0.15, 0.2) is 0 Å². The Bertz CT molecular complexity index is 1110. The Hall–Kier alpha value is -3.20. The summed E-state index contributed by atoms with van der Waals surface area (Å²) in [4.78, 5) is 42.2. The van der Waals surface area contributed by atoms with Crippen LogP contribution in [0.3, 0.4) is 0 Å². The summed E-state index contributed by atoms with van der Waals surface area (Å²) in [5.41, 5.74) is 2.51. The highest BCUT2D eigenvalue weighted by Crippen LogP contribution is 2.28.